The SMILES string of the molecule is C/C=C(\C=C(/C)C#N)S(=O)(=O)Cl. The van der Waals surface area contributed by atoms with Crippen LogP contribution in [0.15, 0.2) is 22.6 Å². The summed E-state index contributed by atoms with van der Waals surface area (Å²) >= 11 is 0. The first-order valence-corrected chi connectivity index (χ1v) is 5.42. The van der Waals surface area contributed by atoms with E-state index in [2.05, 4.69) is 0 Å². The summed E-state index contributed by atoms with van der Waals surface area (Å²) in [5.74, 6) is 0. The van der Waals surface area contributed by atoms with E-state index in [9.17, 15) is 8.42 Å². The second-order valence-electron chi connectivity index (χ2n) is 2.07. The van der Waals surface area contributed by atoms with Crippen molar-refractivity contribution in [1.82, 2.24) is 0 Å². The molecule has 5 heteroatoms. The molecule has 0 aromatic rings. The lowest BCUT2D eigenvalue weighted by Crippen LogP contribution is -1.91. The molecular weight excluding hydrogens is 198 g/mol. The van der Waals surface area contributed by atoms with Gasteiger partial charge < -0.3 is 0 Å². The van der Waals surface area contributed by atoms with E-state index in [-0.39, 0.29) is 4.91 Å². The maximum absolute atomic E-state index is 10.8. The van der Waals surface area contributed by atoms with Gasteiger partial charge in [-0.1, -0.05) is 6.08 Å². The van der Waals surface area contributed by atoms with Crippen molar-refractivity contribution in [2.75, 3.05) is 0 Å². The summed E-state index contributed by atoms with van der Waals surface area (Å²) < 4.78 is 21.5. The molecular formula is C7H8ClNO2S. The standard InChI is InChI=1S/C7H8ClNO2S/c1-3-7(12(8,10)11)4-6(2)5-9/h3-4H,1-2H3/b6-4+,7-3+. The molecule has 0 saturated heterocycles. The van der Waals surface area contributed by atoms with Gasteiger partial charge in [0.1, 0.15) is 0 Å². The van der Waals surface area contributed by atoms with Crippen molar-refractivity contribution >= 4 is 19.7 Å². The van der Waals surface area contributed by atoms with E-state index in [1.807, 2.05) is 0 Å². The summed E-state index contributed by atoms with van der Waals surface area (Å²) in [6.07, 6.45) is 2.56. The molecule has 0 fully saturated rings. The molecule has 0 spiro atoms. The Morgan fingerprint density at radius 1 is 1.58 bits per heavy atom. The molecule has 0 bridgehead atoms. The second kappa shape index (κ2) is 4.29. The number of halogens is 1. The molecule has 0 aliphatic carbocycles. The number of nitrogens with zero attached hydrogens (tertiary/aromatic N) is 1. The molecule has 0 N–H and O–H groups in total. The number of hydrogen-bond donors (Lipinski definition) is 0. The Kier molecular flexibility index (Phi) is 4.01. The first-order valence-electron chi connectivity index (χ1n) is 3.11. The van der Waals surface area contributed by atoms with Crippen molar-refractivity contribution in [2.45, 2.75) is 13.8 Å². The van der Waals surface area contributed by atoms with Crippen LogP contribution in [0.4, 0.5) is 0 Å². The Morgan fingerprint density at radius 3 is 2.33 bits per heavy atom. The van der Waals surface area contributed by atoms with E-state index in [0.717, 1.165) is 0 Å². The fourth-order valence-electron chi connectivity index (χ4n) is 0.540. The molecule has 66 valence electrons. The molecule has 0 aliphatic heterocycles. The third kappa shape index (κ3) is 3.56. The molecule has 0 saturated carbocycles. The minimum atomic E-state index is -3.71. The van der Waals surface area contributed by atoms with Crippen molar-refractivity contribution in [3.8, 4) is 6.07 Å². The second-order valence-corrected chi connectivity index (χ2v) is 4.63. The van der Waals surface area contributed by atoms with E-state index in [0.29, 0.717) is 5.57 Å². The summed E-state index contributed by atoms with van der Waals surface area (Å²) in [7, 11) is 1.34. The van der Waals surface area contributed by atoms with Gasteiger partial charge in [-0.15, -0.1) is 0 Å². The van der Waals surface area contributed by atoms with Crippen LogP contribution < -0.4 is 0 Å². The van der Waals surface area contributed by atoms with Gasteiger partial charge in [-0.3, -0.25) is 0 Å². The van der Waals surface area contributed by atoms with E-state index in [1.165, 1.54) is 26.0 Å². The Bertz CT molecular complexity index is 359. The molecule has 0 heterocycles. The predicted octanol–water partition coefficient (Wildman–Crippen LogP) is 1.93. The van der Waals surface area contributed by atoms with Gasteiger partial charge in [-0.2, -0.15) is 5.26 Å². The highest BCUT2D eigenvalue weighted by molar-refractivity contribution is 8.17. The normalized spacial score (nSPS) is 14.2. The molecule has 0 rings (SSSR count). The fraction of sp³-hybridized carbons (Fsp3) is 0.286. The van der Waals surface area contributed by atoms with Crippen molar-refractivity contribution in [1.29, 1.82) is 5.26 Å². The summed E-state index contributed by atoms with van der Waals surface area (Å²) in [6, 6.07) is 1.80. The molecule has 0 amide bonds. The highest BCUT2D eigenvalue weighted by atomic mass is 35.7. The topological polar surface area (TPSA) is 57.9 Å². The fourth-order valence-corrected chi connectivity index (χ4v) is 1.54. The van der Waals surface area contributed by atoms with Gasteiger partial charge >= 0.3 is 0 Å². The maximum atomic E-state index is 10.8. The van der Waals surface area contributed by atoms with Gasteiger partial charge in [-0.05, 0) is 19.9 Å². The molecule has 0 unspecified atom stereocenters. The summed E-state index contributed by atoms with van der Waals surface area (Å²) in [5.41, 5.74) is 0.298. The smallest absolute Gasteiger partial charge is 0.207 e. The number of rotatable bonds is 2. The van der Waals surface area contributed by atoms with Gasteiger partial charge in [0.2, 0.25) is 0 Å². The molecule has 0 radical (unpaired) electrons. The van der Waals surface area contributed by atoms with Crippen LogP contribution in [-0.4, -0.2) is 8.42 Å². The highest BCUT2D eigenvalue weighted by Crippen LogP contribution is 2.14. The van der Waals surface area contributed by atoms with Crippen LogP contribution in [0, 0.1) is 11.3 Å². The van der Waals surface area contributed by atoms with Crippen LogP contribution in [-0.2, 0) is 9.05 Å². The monoisotopic (exact) mass is 205 g/mol. The maximum Gasteiger partial charge on any atom is 0.261 e. The molecule has 0 aliphatic rings. The zero-order valence-electron chi connectivity index (χ0n) is 6.70. The highest BCUT2D eigenvalue weighted by Gasteiger charge is 2.09. The predicted molar refractivity (Wildman–Crippen MR) is 47.9 cm³/mol. The minimum Gasteiger partial charge on any atom is -0.207 e. The van der Waals surface area contributed by atoms with Gasteiger partial charge in [-0.25, -0.2) is 8.42 Å². The Morgan fingerprint density at radius 2 is 2.08 bits per heavy atom. The lowest BCUT2D eigenvalue weighted by Gasteiger charge is -1.94. The quantitative estimate of drug-likeness (QED) is 0.393. The first-order chi connectivity index (χ1) is 5.41. The van der Waals surface area contributed by atoms with Gasteiger partial charge in [0, 0.05) is 16.3 Å². The Hall–Kier alpha value is -0.790. The molecule has 0 aromatic heterocycles. The molecule has 3 nitrogen and oxygen atoms in total. The lowest BCUT2D eigenvalue weighted by atomic mass is 10.3. The van der Waals surface area contributed by atoms with Crippen molar-refractivity contribution < 1.29 is 8.42 Å². The molecule has 12 heavy (non-hydrogen) atoms. The van der Waals surface area contributed by atoms with Crippen LogP contribution in [0.5, 0.6) is 0 Å². The van der Waals surface area contributed by atoms with Crippen LogP contribution >= 0.6 is 10.7 Å². The largest absolute Gasteiger partial charge is 0.261 e. The lowest BCUT2D eigenvalue weighted by molar-refractivity contribution is 0.615. The summed E-state index contributed by atoms with van der Waals surface area (Å²) in [5, 5.41) is 8.36. The van der Waals surface area contributed by atoms with Crippen molar-refractivity contribution in [3.05, 3.63) is 22.6 Å². The van der Waals surface area contributed by atoms with Crippen molar-refractivity contribution in [2.24, 2.45) is 0 Å². The van der Waals surface area contributed by atoms with Gasteiger partial charge in [0.25, 0.3) is 9.05 Å². The van der Waals surface area contributed by atoms with Crippen LogP contribution in [0.3, 0.4) is 0 Å². The van der Waals surface area contributed by atoms with E-state index in [1.54, 1.807) is 6.07 Å². The first kappa shape index (κ1) is 11.2. The van der Waals surface area contributed by atoms with Crippen LogP contribution in [0.25, 0.3) is 0 Å². The van der Waals surface area contributed by atoms with E-state index >= 15 is 0 Å². The van der Waals surface area contributed by atoms with Crippen LogP contribution in [0.1, 0.15) is 13.8 Å². The van der Waals surface area contributed by atoms with Crippen LogP contribution in [0.2, 0.25) is 0 Å². The average Bonchev–Trinajstić information content (AvgIpc) is 1.97. The summed E-state index contributed by atoms with van der Waals surface area (Å²) in [4.78, 5) is -0.0526. The third-order valence-electron chi connectivity index (χ3n) is 1.10. The average molecular weight is 206 g/mol. The van der Waals surface area contributed by atoms with Gasteiger partial charge in [0.05, 0.1) is 11.0 Å². The minimum absolute atomic E-state index is 0.0526. The van der Waals surface area contributed by atoms with Gasteiger partial charge in [0.15, 0.2) is 0 Å². The summed E-state index contributed by atoms with van der Waals surface area (Å²) in [6.45, 7) is 3.04. The Balaban J connectivity index is 5.06. The Labute approximate surface area is 76.4 Å². The van der Waals surface area contributed by atoms with E-state index < -0.39 is 9.05 Å². The zero-order chi connectivity index (χ0) is 9.78. The zero-order valence-corrected chi connectivity index (χ0v) is 8.28. The third-order valence-corrected chi connectivity index (χ3v) is 2.55. The number of hydrogen-bond acceptors (Lipinski definition) is 3. The number of nitriles is 1. The number of allylic oxidation sites excluding steroid dienone is 3. The molecule has 0 atom stereocenters. The van der Waals surface area contributed by atoms with E-state index in [4.69, 9.17) is 15.9 Å². The van der Waals surface area contributed by atoms with Crippen molar-refractivity contribution in [3.63, 3.8) is 0 Å². The molecule has 0 aromatic carbocycles.